The fourth-order valence-corrected chi connectivity index (χ4v) is 4.40. The molecule has 0 aliphatic rings. The Morgan fingerprint density at radius 2 is 1.90 bits per heavy atom. The lowest BCUT2D eigenvalue weighted by atomic mass is 10.2. The number of thioether (sulfide) groups is 1. The van der Waals surface area contributed by atoms with Crippen LogP contribution < -0.4 is 9.47 Å². The maximum absolute atomic E-state index is 12.6. The minimum atomic E-state index is -3.63. The molecule has 0 bridgehead atoms. The smallest absolute Gasteiger partial charge is 0.242 e. The molecule has 0 N–H and O–H groups in total. The van der Waals surface area contributed by atoms with E-state index in [1.54, 1.807) is 55.2 Å². The quantitative estimate of drug-likeness (QED) is 0.473. The third-order valence-electron chi connectivity index (χ3n) is 4.40. The third kappa shape index (κ3) is 4.51. The first-order valence-electron chi connectivity index (χ1n) is 9.04. The molecule has 0 unspecified atom stereocenters. The van der Waals surface area contributed by atoms with Crippen LogP contribution >= 0.6 is 11.8 Å². The lowest BCUT2D eigenvalue weighted by Crippen LogP contribution is -2.22. The van der Waals surface area contributed by atoms with Crippen LogP contribution in [0.1, 0.15) is 0 Å². The van der Waals surface area contributed by atoms with Crippen molar-refractivity contribution in [3.05, 3.63) is 42.5 Å². The number of ether oxygens (including phenoxy) is 2. The largest absolute Gasteiger partial charge is 0.497 e. The first kappa shape index (κ1) is 22.6. The molecule has 11 heteroatoms. The Bertz CT molecular complexity index is 1230. The van der Waals surface area contributed by atoms with Gasteiger partial charge < -0.3 is 9.47 Å². The SMILES string of the molecule is COc1ccc(OC)c(-n2c(SCC#N)nnc2-c2cccc(S(=O)(=O)N(C)C)c2)c1. The summed E-state index contributed by atoms with van der Waals surface area (Å²) in [5.41, 5.74) is 1.15. The van der Waals surface area contributed by atoms with Crippen LogP contribution in [0.5, 0.6) is 11.5 Å². The van der Waals surface area contributed by atoms with E-state index in [2.05, 4.69) is 16.3 Å². The van der Waals surface area contributed by atoms with Crippen LogP contribution in [0.15, 0.2) is 52.5 Å². The summed E-state index contributed by atoms with van der Waals surface area (Å²) in [6.07, 6.45) is 0. The molecule has 2 aromatic carbocycles. The van der Waals surface area contributed by atoms with Gasteiger partial charge in [-0.1, -0.05) is 23.9 Å². The molecule has 3 rings (SSSR count). The van der Waals surface area contributed by atoms with Gasteiger partial charge in [0, 0.05) is 25.7 Å². The van der Waals surface area contributed by atoms with Crippen LogP contribution in [0.25, 0.3) is 17.1 Å². The lowest BCUT2D eigenvalue weighted by molar-refractivity contribution is 0.401. The molecule has 1 heterocycles. The fraction of sp³-hybridized carbons (Fsp3) is 0.250. The number of hydrogen-bond donors (Lipinski definition) is 0. The van der Waals surface area contributed by atoms with Gasteiger partial charge in [-0.25, -0.2) is 12.7 Å². The summed E-state index contributed by atoms with van der Waals surface area (Å²) < 4.78 is 39.0. The molecule has 0 amide bonds. The molecule has 0 radical (unpaired) electrons. The molecule has 0 aliphatic heterocycles. The Hall–Kier alpha value is -3.07. The van der Waals surface area contributed by atoms with Gasteiger partial charge >= 0.3 is 0 Å². The standard InChI is InChI=1S/C20H21N5O4S2/c1-24(2)31(26,27)16-7-5-6-14(12-16)19-22-23-20(30-11-10-21)25(19)17-13-15(28-3)8-9-18(17)29-4/h5-9,12-13H,11H2,1-4H3. The first-order chi connectivity index (χ1) is 14.8. The van der Waals surface area contributed by atoms with Crippen molar-refractivity contribution < 1.29 is 17.9 Å². The maximum atomic E-state index is 12.6. The minimum Gasteiger partial charge on any atom is -0.497 e. The molecular formula is C20H21N5O4S2. The van der Waals surface area contributed by atoms with E-state index in [-0.39, 0.29) is 10.6 Å². The van der Waals surface area contributed by atoms with E-state index >= 15 is 0 Å². The Balaban J connectivity index is 2.26. The van der Waals surface area contributed by atoms with Gasteiger partial charge in [-0.15, -0.1) is 10.2 Å². The molecule has 0 saturated carbocycles. The van der Waals surface area contributed by atoms with E-state index in [0.717, 1.165) is 4.31 Å². The highest BCUT2D eigenvalue weighted by Crippen LogP contribution is 2.35. The summed E-state index contributed by atoms with van der Waals surface area (Å²) in [7, 11) is 2.41. The van der Waals surface area contributed by atoms with Crippen molar-refractivity contribution in [1.82, 2.24) is 19.1 Å². The van der Waals surface area contributed by atoms with Crippen LogP contribution in [-0.2, 0) is 10.0 Å². The number of nitrogens with zero attached hydrogens (tertiary/aromatic N) is 5. The van der Waals surface area contributed by atoms with Crippen LogP contribution in [0.3, 0.4) is 0 Å². The minimum absolute atomic E-state index is 0.133. The Kier molecular flexibility index (Phi) is 6.84. The highest BCUT2D eigenvalue weighted by atomic mass is 32.2. The molecule has 1 aromatic heterocycles. The van der Waals surface area contributed by atoms with Crippen LogP contribution in [-0.4, -0.2) is 61.6 Å². The zero-order valence-electron chi connectivity index (χ0n) is 17.4. The summed E-state index contributed by atoms with van der Waals surface area (Å²) in [6.45, 7) is 0. The van der Waals surface area contributed by atoms with Crippen molar-refractivity contribution in [2.24, 2.45) is 0 Å². The Labute approximate surface area is 185 Å². The van der Waals surface area contributed by atoms with Crippen LogP contribution in [0.2, 0.25) is 0 Å². The lowest BCUT2D eigenvalue weighted by Gasteiger charge is -2.16. The average Bonchev–Trinajstić information content (AvgIpc) is 3.20. The zero-order chi connectivity index (χ0) is 22.6. The van der Waals surface area contributed by atoms with Gasteiger partial charge in [0.05, 0.1) is 36.6 Å². The number of aromatic nitrogens is 3. The molecule has 0 aliphatic carbocycles. The molecule has 0 atom stereocenters. The molecule has 0 saturated heterocycles. The number of benzene rings is 2. The average molecular weight is 460 g/mol. The van der Waals surface area contributed by atoms with E-state index in [1.807, 2.05) is 0 Å². The van der Waals surface area contributed by atoms with Crippen molar-refractivity contribution in [1.29, 1.82) is 5.26 Å². The predicted molar refractivity (Wildman–Crippen MR) is 117 cm³/mol. The Morgan fingerprint density at radius 3 is 2.55 bits per heavy atom. The summed E-state index contributed by atoms with van der Waals surface area (Å²) in [5, 5.41) is 18.0. The zero-order valence-corrected chi connectivity index (χ0v) is 19.1. The monoisotopic (exact) mass is 459 g/mol. The van der Waals surface area contributed by atoms with Gasteiger partial charge in [-0.2, -0.15) is 5.26 Å². The van der Waals surface area contributed by atoms with Crippen molar-refractivity contribution in [3.8, 4) is 34.6 Å². The van der Waals surface area contributed by atoms with Crippen molar-refractivity contribution in [2.75, 3.05) is 34.1 Å². The normalized spacial score (nSPS) is 11.4. The van der Waals surface area contributed by atoms with Gasteiger partial charge in [0.2, 0.25) is 10.0 Å². The van der Waals surface area contributed by atoms with E-state index in [4.69, 9.17) is 14.7 Å². The topological polar surface area (TPSA) is 110 Å². The molecule has 9 nitrogen and oxygen atoms in total. The van der Waals surface area contributed by atoms with Crippen LogP contribution in [0.4, 0.5) is 0 Å². The van der Waals surface area contributed by atoms with Crippen molar-refractivity contribution >= 4 is 21.8 Å². The van der Waals surface area contributed by atoms with Crippen molar-refractivity contribution in [3.63, 3.8) is 0 Å². The van der Waals surface area contributed by atoms with Gasteiger partial charge in [0.1, 0.15) is 11.5 Å². The van der Waals surface area contributed by atoms with Crippen molar-refractivity contribution in [2.45, 2.75) is 10.1 Å². The second-order valence-corrected chi connectivity index (χ2v) is 9.54. The van der Waals surface area contributed by atoms with E-state index in [1.165, 1.54) is 31.9 Å². The number of sulfonamides is 1. The molecule has 31 heavy (non-hydrogen) atoms. The van der Waals surface area contributed by atoms with E-state index < -0.39 is 10.0 Å². The van der Waals surface area contributed by atoms with Gasteiger partial charge in [0.25, 0.3) is 0 Å². The van der Waals surface area contributed by atoms with E-state index in [9.17, 15) is 8.42 Å². The highest BCUT2D eigenvalue weighted by Gasteiger charge is 2.22. The molecule has 0 spiro atoms. The molecule has 0 fully saturated rings. The third-order valence-corrected chi connectivity index (χ3v) is 7.00. The molecule has 3 aromatic rings. The summed E-state index contributed by atoms with van der Waals surface area (Å²) >= 11 is 1.21. The first-order valence-corrected chi connectivity index (χ1v) is 11.5. The fourth-order valence-electron chi connectivity index (χ4n) is 2.84. The summed E-state index contributed by atoms with van der Waals surface area (Å²) in [6, 6.07) is 13.8. The maximum Gasteiger partial charge on any atom is 0.242 e. The van der Waals surface area contributed by atoms with Gasteiger partial charge in [-0.05, 0) is 24.3 Å². The second kappa shape index (κ2) is 9.38. The van der Waals surface area contributed by atoms with Gasteiger partial charge in [-0.3, -0.25) is 4.57 Å². The summed E-state index contributed by atoms with van der Waals surface area (Å²) in [4.78, 5) is 0.133. The number of hydrogen-bond acceptors (Lipinski definition) is 8. The van der Waals surface area contributed by atoms with E-state index in [0.29, 0.717) is 33.7 Å². The van der Waals surface area contributed by atoms with Gasteiger partial charge in [0.15, 0.2) is 11.0 Å². The number of methoxy groups -OCH3 is 2. The highest BCUT2D eigenvalue weighted by molar-refractivity contribution is 7.99. The Morgan fingerprint density at radius 1 is 1.13 bits per heavy atom. The number of nitriles is 1. The second-order valence-electron chi connectivity index (χ2n) is 6.44. The summed E-state index contributed by atoms with van der Waals surface area (Å²) in [5.74, 6) is 1.70. The van der Waals surface area contributed by atoms with Crippen LogP contribution in [0, 0.1) is 11.3 Å². The predicted octanol–water partition coefficient (Wildman–Crippen LogP) is 2.82. The molecular weight excluding hydrogens is 438 g/mol. The molecule has 162 valence electrons. The number of rotatable bonds is 8.